The van der Waals surface area contributed by atoms with E-state index in [0.717, 1.165) is 16.6 Å². The molecule has 3 aromatic rings. The average molecular weight is 409 g/mol. The smallest absolute Gasteiger partial charge is 0.263 e. The number of carbonyl (C=O) groups excluding carboxylic acids is 1. The summed E-state index contributed by atoms with van der Waals surface area (Å²) in [6.07, 6.45) is 0.880. The molecule has 2 aromatic carbocycles. The van der Waals surface area contributed by atoms with Gasteiger partial charge in [-0.2, -0.15) is 4.99 Å². The number of aryl methyl sites for hydroxylation is 1. The lowest BCUT2D eigenvalue weighted by Crippen LogP contribution is -2.21. The van der Waals surface area contributed by atoms with Gasteiger partial charge >= 0.3 is 0 Å². The molecule has 0 radical (unpaired) electrons. The minimum atomic E-state index is -3.76. The standard InChI is InChI=1S/C18H17ClN2O3S2/c1-2-11-21-15-5-3-4-6-16(15)25-18(21)20-17(22)12-26(23,24)14-9-7-13(19)8-10-14/h3-10H,2,11-12H2,1H3. The van der Waals surface area contributed by atoms with Crippen LogP contribution in [0.5, 0.6) is 0 Å². The number of para-hydroxylation sites is 1. The fraction of sp³-hybridized carbons (Fsp3) is 0.222. The number of fused-ring (bicyclic) bond motifs is 1. The van der Waals surface area contributed by atoms with Crippen molar-refractivity contribution in [3.63, 3.8) is 0 Å². The first-order valence-electron chi connectivity index (χ1n) is 8.05. The van der Waals surface area contributed by atoms with Crippen LogP contribution in [0, 0.1) is 0 Å². The highest BCUT2D eigenvalue weighted by molar-refractivity contribution is 7.92. The van der Waals surface area contributed by atoms with Gasteiger partial charge in [0, 0.05) is 11.6 Å². The van der Waals surface area contributed by atoms with Crippen LogP contribution in [0.25, 0.3) is 10.2 Å². The van der Waals surface area contributed by atoms with E-state index in [0.29, 0.717) is 16.4 Å². The third kappa shape index (κ3) is 4.06. The topological polar surface area (TPSA) is 68.5 Å². The largest absolute Gasteiger partial charge is 0.316 e. The number of nitrogens with zero attached hydrogens (tertiary/aromatic N) is 2. The van der Waals surface area contributed by atoms with E-state index in [1.165, 1.54) is 35.6 Å². The van der Waals surface area contributed by atoms with Crippen LogP contribution in [0.15, 0.2) is 58.4 Å². The Morgan fingerprint density at radius 2 is 1.85 bits per heavy atom. The summed E-state index contributed by atoms with van der Waals surface area (Å²) >= 11 is 7.16. The number of carbonyl (C=O) groups is 1. The van der Waals surface area contributed by atoms with E-state index >= 15 is 0 Å². The van der Waals surface area contributed by atoms with Crippen molar-refractivity contribution in [3.05, 3.63) is 58.4 Å². The third-order valence-corrected chi connectivity index (χ3v) is 6.67. The number of rotatable bonds is 5. The Balaban J connectivity index is 1.95. The van der Waals surface area contributed by atoms with Crippen molar-refractivity contribution in [1.82, 2.24) is 4.57 Å². The summed E-state index contributed by atoms with van der Waals surface area (Å²) in [6, 6.07) is 13.5. The molecule has 0 unspecified atom stereocenters. The van der Waals surface area contributed by atoms with E-state index in [-0.39, 0.29) is 4.90 Å². The van der Waals surface area contributed by atoms with Crippen LogP contribution in [0.1, 0.15) is 13.3 Å². The molecule has 0 fully saturated rings. The molecule has 0 N–H and O–H groups in total. The molecule has 0 bridgehead atoms. The van der Waals surface area contributed by atoms with Gasteiger partial charge in [0.1, 0.15) is 5.75 Å². The number of hydrogen-bond acceptors (Lipinski definition) is 4. The number of aromatic nitrogens is 1. The second-order valence-electron chi connectivity index (χ2n) is 5.72. The van der Waals surface area contributed by atoms with E-state index < -0.39 is 21.5 Å². The highest BCUT2D eigenvalue weighted by Gasteiger charge is 2.19. The number of thiazole rings is 1. The zero-order chi connectivity index (χ0) is 18.7. The van der Waals surface area contributed by atoms with Gasteiger partial charge in [0.15, 0.2) is 14.6 Å². The van der Waals surface area contributed by atoms with Crippen molar-refractivity contribution in [1.29, 1.82) is 0 Å². The Kier molecular flexibility index (Phi) is 5.60. The Morgan fingerprint density at radius 3 is 2.54 bits per heavy atom. The van der Waals surface area contributed by atoms with Crippen LogP contribution in [0.3, 0.4) is 0 Å². The van der Waals surface area contributed by atoms with Gasteiger partial charge in [0.05, 0.1) is 15.1 Å². The lowest BCUT2D eigenvalue weighted by molar-refractivity contribution is -0.115. The second-order valence-corrected chi connectivity index (χ2v) is 9.16. The summed E-state index contributed by atoms with van der Waals surface area (Å²) < 4.78 is 27.8. The van der Waals surface area contributed by atoms with Gasteiger partial charge in [-0.1, -0.05) is 42.0 Å². The number of halogens is 1. The summed E-state index contributed by atoms with van der Waals surface area (Å²) in [7, 11) is -3.76. The maximum atomic E-state index is 12.4. The molecule has 1 heterocycles. The molecule has 0 spiro atoms. The summed E-state index contributed by atoms with van der Waals surface area (Å²) in [4.78, 5) is 17.0. The van der Waals surface area contributed by atoms with Gasteiger partial charge in [0.2, 0.25) is 0 Å². The highest BCUT2D eigenvalue weighted by atomic mass is 35.5. The second kappa shape index (κ2) is 7.73. The van der Waals surface area contributed by atoms with Crippen LogP contribution in [-0.4, -0.2) is 24.6 Å². The van der Waals surface area contributed by atoms with Gasteiger partial charge in [-0.25, -0.2) is 8.42 Å². The minimum Gasteiger partial charge on any atom is -0.316 e. The van der Waals surface area contributed by atoms with Gasteiger partial charge in [0.25, 0.3) is 5.91 Å². The molecule has 5 nitrogen and oxygen atoms in total. The van der Waals surface area contributed by atoms with E-state index in [1.54, 1.807) is 0 Å². The third-order valence-electron chi connectivity index (χ3n) is 3.74. The van der Waals surface area contributed by atoms with Crippen molar-refractivity contribution >= 4 is 48.9 Å². The zero-order valence-corrected chi connectivity index (χ0v) is 16.4. The molecule has 0 aliphatic carbocycles. The van der Waals surface area contributed by atoms with E-state index in [1.807, 2.05) is 35.8 Å². The molecule has 26 heavy (non-hydrogen) atoms. The van der Waals surface area contributed by atoms with E-state index in [9.17, 15) is 13.2 Å². The quantitative estimate of drug-likeness (QED) is 0.646. The van der Waals surface area contributed by atoms with Crippen molar-refractivity contribution in [2.45, 2.75) is 24.8 Å². The molecular formula is C18H17ClN2O3S2. The fourth-order valence-corrected chi connectivity index (χ4v) is 4.88. The van der Waals surface area contributed by atoms with E-state index in [2.05, 4.69) is 4.99 Å². The van der Waals surface area contributed by atoms with Crippen LogP contribution < -0.4 is 4.80 Å². The first-order chi connectivity index (χ1) is 12.4. The maximum Gasteiger partial charge on any atom is 0.263 e. The number of sulfone groups is 1. The SMILES string of the molecule is CCCn1c(=NC(=O)CS(=O)(=O)c2ccc(Cl)cc2)sc2ccccc21. The lowest BCUT2D eigenvalue weighted by atomic mass is 10.3. The molecule has 0 aliphatic rings. The number of amides is 1. The maximum absolute atomic E-state index is 12.4. The van der Waals surface area contributed by atoms with Crippen LogP contribution in [0.2, 0.25) is 5.02 Å². The summed E-state index contributed by atoms with van der Waals surface area (Å²) in [5, 5.41) is 0.436. The first-order valence-corrected chi connectivity index (χ1v) is 10.9. The molecule has 136 valence electrons. The van der Waals surface area contributed by atoms with Crippen molar-refractivity contribution in [2.75, 3.05) is 5.75 Å². The van der Waals surface area contributed by atoms with Crippen LogP contribution >= 0.6 is 22.9 Å². The molecule has 1 amide bonds. The summed E-state index contributed by atoms with van der Waals surface area (Å²) in [5.74, 6) is -1.36. The van der Waals surface area contributed by atoms with Crippen LogP contribution in [0.4, 0.5) is 0 Å². The average Bonchev–Trinajstić information content (AvgIpc) is 2.92. The Labute approximate surface area is 160 Å². The monoisotopic (exact) mass is 408 g/mol. The lowest BCUT2D eigenvalue weighted by Gasteiger charge is -2.03. The summed E-state index contributed by atoms with van der Waals surface area (Å²) in [5.41, 5.74) is 0.992. The highest BCUT2D eigenvalue weighted by Crippen LogP contribution is 2.18. The molecule has 0 saturated carbocycles. The van der Waals surface area contributed by atoms with Crippen LogP contribution in [-0.2, 0) is 21.2 Å². The normalized spacial score (nSPS) is 12.6. The molecular weight excluding hydrogens is 392 g/mol. The molecule has 0 atom stereocenters. The predicted molar refractivity (Wildman–Crippen MR) is 104 cm³/mol. The Hall–Kier alpha value is -1.96. The Bertz CT molecular complexity index is 1110. The fourth-order valence-electron chi connectivity index (χ4n) is 2.57. The molecule has 1 aromatic heterocycles. The van der Waals surface area contributed by atoms with Gasteiger partial charge in [-0.05, 0) is 42.8 Å². The number of benzene rings is 2. The zero-order valence-electron chi connectivity index (χ0n) is 14.1. The molecule has 0 saturated heterocycles. The van der Waals surface area contributed by atoms with Crippen molar-refractivity contribution in [2.24, 2.45) is 4.99 Å². The minimum absolute atomic E-state index is 0.0585. The predicted octanol–water partition coefficient (Wildman–Crippen LogP) is 3.67. The van der Waals surface area contributed by atoms with Crippen molar-refractivity contribution < 1.29 is 13.2 Å². The number of hydrogen-bond donors (Lipinski definition) is 0. The van der Waals surface area contributed by atoms with E-state index in [4.69, 9.17) is 11.6 Å². The van der Waals surface area contributed by atoms with Crippen molar-refractivity contribution in [3.8, 4) is 0 Å². The Morgan fingerprint density at radius 1 is 1.15 bits per heavy atom. The van der Waals surface area contributed by atoms with Gasteiger partial charge in [-0.15, -0.1) is 0 Å². The molecule has 3 rings (SSSR count). The molecule has 0 aliphatic heterocycles. The molecule has 8 heteroatoms. The summed E-state index contributed by atoms with van der Waals surface area (Å²) in [6.45, 7) is 2.75. The first kappa shape index (κ1) is 18.8. The van der Waals surface area contributed by atoms with Gasteiger partial charge < -0.3 is 4.57 Å². The van der Waals surface area contributed by atoms with Gasteiger partial charge in [-0.3, -0.25) is 4.79 Å².